The molecule has 0 unspecified atom stereocenters. The summed E-state index contributed by atoms with van der Waals surface area (Å²) in [5.41, 5.74) is 1.85. The fourth-order valence-corrected chi connectivity index (χ4v) is 5.64. The van der Waals surface area contributed by atoms with Crippen molar-refractivity contribution >= 4 is 5.97 Å². The summed E-state index contributed by atoms with van der Waals surface area (Å²) in [5, 5.41) is 2.33. The van der Waals surface area contributed by atoms with Crippen LogP contribution in [0, 0.1) is 23.2 Å². The summed E-state index contributed by atoms with van der Waals surface area (Å²) < 4.78 is 11.3. The molecule has 0 amide bonds. The molecule has 2 N–H and O–H groups in total. The highest BCUT2D eigenvalue weighted by Gasteiger charge is 2.52. The maximum absolute atomic E-state index is 12.6. The van der Waals surface area contributed by atoms with Crippen LogP contribution in [0.25, 0.3) is 0 Å². The van der Waals surface area contributed by atoms with Gasteiger partial charge in [-0.15, -0.1) is 0 Å². The second-order valence-electron chi connectivity index (χ2n) is 9.41. The molecule has 3 aliphatic rings. The van der Waals surface area contributed by atoms with Crippen LogP contribution >= 0.6 is 0 Å². The van der Waals surface area contributed by atoms with Gasteiger partial charge in [-0.05, 0) is 49.7 Å². The maximum Gasteiger partial charge on any atom is 0.315 e. The van der Waals surface area contributed by atoms with E-state index < -0.39 is 0 Å². The van der Waals surface area contributed by atoms with Crippen LogP contribution < -0.4 is 5.32 Å². The van der Waals surface area contributed by atoms with Crippen molar-refractivity contribution in [1.82, 2.24) is 0 Å². The number of allylic oxidation sites excluding steroid dienone is 1. The lowest BCUT2D eigenvalue weighted by Crippen LogP contribution is -2.90. The van der Waals surface area contributed by atoms with Gasteiger partial charge in [0.05, 0.1) is 18.8 Å². The Labute approximate surface area is 162 Å². The highest BCUT2D eigenvalue weighted by molar-refractivity contribution is 5.76. The van der Waals surface area contributed by atoms with Gasteiger partial charge >= 0.3 is 5.97 Å². The monoisotopic (exact) mass is 372 g/mol. The van der Waals surface area contributed by atoms with Crippen molar-refractivity contribution in [2.75, 3.05) is 6.54 Å². The number of quaternary nitrogens is 1. The van der Waals surface area contributed by atoms with E-state index in [0.29, 0.717) is 12.0 Å². The van der Waals surface area contributed by atoms with Gasteiger partial charge in [-0.1, -0.05) is 31.9 Å². The van der Waals surface area contributed by atoms with E-state index in [-0.39, 0.29) is 29.3 Å². The molecule has 2 aliphatic carbocycles. The van der Waals surface area contributed by atoms with Crippen molar-refractivity contribution in [2.45, 2.75) is 71.4 Å². The zero-order valence-electron chi connectivity index (χ0n) is 16.9. The number of nitrogens with two attached hydrogens (primary N) is 1. The summed E-state index contributed by atoms with van der Waals surface area (Å²) in [4.78, 5) is 12.6. The molecule has 1 saturated carbocycles. The van der Waals surface area contributed by atoms with E-state index in [9.17, 15) is 4.79 Å². The van der Waals surface area contributed by atoms with Gasteiger partial charge in [-0.3, -0.25) is 4.79 Å². The van der Waals surface area contributed by atoms with Gasteiger partial charge in [-0.2, -0.15) is 0 Å². The second-order valence-corrected chi connectivity index (χ2v) is 9.41. The van der Waals surface area contributed by atoms with Gasteiger partial charge in [0, 0.05) is 18.8 Å². The lowest BCUT2D eigenvalue weighted by Gasteiger charge is -2.45. The number of carbonyl (C=O) groups excluding carboxylic acids is 1. The van der Waals surface area contributed by atoms with Gasteiger partial charge in [0.1, 0.15) is 17.8 Å². The molecule has 148 valence electrons. The molecular formula is C23H34NO3+. The zero-order valence-corrected chi connectivity index (χ0v) is 16.9. The van der Waals surface area contributed by atoms with Crippen molar-refractivity contribution in [3.8, 4) is 0 Å². The van der Waals surface area contributed by atoms with Gasteiger partial charge in [0.25, 0.3) is 0 Å². The molecule has 1 saturated heterocycles. The summed E-state index contributed by atoms with van der Waals surface area (Å²) in [6.45, 7) is 7.81. The van der Waals surface area contributed by atoms with Crippen LogP contribution in [0.4, 0.5) is 0 Å². The molecule has 2 fully saturated rings. The number of furan rings is 1. The van der Waals surface area contributed by atoms with Crippen molar-refractivity contribution in [2.24, 2.45) is 23.2 Å². The highest BCUT2D eigenvalue weighted by Crippen LogP contribution is 2.53. The van der Waals surface area contributed by atoms with E-state index in [1.54, 1.807) is 11.8 Å². The summed E-state index contributed by atoms with van der Waals surface area (Å²) in [6.07, 6.45) is 11.1. The third kappa shape index (κ3) is 3.73. The summed E-state index contributed by atoms with van der Waals surface area (Å²) in [7, 11) is 0. The number of rotatable bonds is 6. The van der Waals surface area contributed by atoms with E-state index in [4.69, 9.17) is 9.15 Å². The number of carbonyl (C=O) groups is 1. The number of hydrogen-bond acceptors (Lipinski definition) is 3. The first-order chi connectivity index (χ1) is 13.0. The zero-order chi connectivity index (χ0) is 19.0. The molecule has 27 heavy (non-hydrogen) atoms. The second kappa shape index (κ2) is 7.46. The minimum absolute atomic E-state index is 0.00670. The largest absolute Gasteiger partial charge is 0.469 e. The molecule has 1 aromatic rings. The molecule has 0 aromatic carbocycles. The first-order valence-electron chi connectivity index (χ1n) is 10.7. The van der Waals surface area contributed by atoms with Crippen molar-refractivity contribution in [3.05, 3.63) is 35.8 Å². The topological polar surface area (TPSA) is 56.0 Å². The Morgan fingerprint density at radius 3 is 3.04 bits per heavy atom. The van der Waals surface area contributed by atoms with E-state index in [1.807, 2.05) is 12.1 Å². The Morgan fingerprint density at radius 2 is 2.26 bits per heavy atom. The predicted octanol–water partition coefficient (Wildman–Crippen LogP) is 3.48. The quantitative estimate of drug-likeness (QED) is 0.614. The first kappa shape index (κ1) is 18.8. The van der Waals surface area contributed by atoms with Crippen LogP contribution in [0.3, 0.4) is 0 Å². The smallest absolute Gasteiger partial charge is 0.315 e. The van der Waals surface area contributed by atoms with Crippen LogP contribution in [0.15, 0.2) is 34.5 Å². The van der Waals surface area contributed by atoms with Gasteiger partial charge < -0.3 is 14.5 Å². The maximum atomic E-state index is 12.6. The van der Waals surface area contributed by atoms with E-state index >= 15 is 0 Å². The number of aryl methyl sites for hydroxylation is 1. The van der Waals surface area contributed by atoms with Crippen LogP contribution in [-0.2, 0) is 16.0 Å². The van der Waals surface area contributed by atoms with E-state index in [2.05, 4.69) is 32.2 Å². The summed E-state index contributed by atoms with van der Waals surface area (Å²) in [6, 6.07) is 4.44. The molecule has 0 radical (unpaired) electrons. The Bertz CT molecular complexity index is 694. The lowest BCUT2D eigenvalue weighted by molar-refractivity contribution is -0.690. The molecule has 4 nitrogen and oxygen atoms in total. The number of ether oxygens (including phenoxy) is 1. The third-order valence-corrected chi connectivity index (χ3v) is 7.30. The molecule has 4 heteroatoms. The van der Waals surface area contributed by atoms with Crippen molar-refractivity contribution in [3.63, 3.8) is 0 Å². The highest BCUT2D eigenvalue weighted by atomic mass is 16.6. The fourth-order valence-electron chi connectivity index (χ4n) is 5.64. The number of esters is 1. The molecule has 0 spiro atoms. The SMILES string of the molecule is C[C@@H](CCc1ccco1)[NH2+]C[C@H]1C(=O)O[C@@H]2C[C@@]3(C)CCC[C@H](C)C3=C[C@@H]21. The molecule has 6 atom stereocenters. The molecule has 0 bridgehead atoms. The Hall–Kier alpha value is -1.55. The van der Waals surface area contributed by atoms with E-state index in [1.165, 1.54) is 19.3 Å². The van der Waals surface area contributed by atoms with Gasteiger partial charge in [0.2, 0.25) is 0 Å². The molecular weight excluding hydrogens is 338 g/mol. The van der Waals surface area contributed by atoms with Crippen LogP contribution in [0.1, 0.15) is 58.6 Å². The molecule has 1 aliphatic heterocycles. The third-order valence-electron chi connectivity index (χ3n) is 7.30. The van der Waals surface area contributed by atoms with Crippen LogP contribution in [-0.4, -0.2) is 24.7 Å². The Morgan fingerprint density at radius 1 is 1.41 bits per heavy atom. The number of fused-ring (bicyclic) bond motifs is 2. The van der Waals surface area contributed by atoms with E-state index in [0.717, 1.165) is 31.6 Å². The standard InChI is InChI=1S/C23H33NO3/c1-15-6-4-10-23(3)13-21-18(12-20(15)23)19(22(25)27-21)14-24-16(2)8-9-17-7-5-11-26-17/h5,7,11-12,15-16,18-19,21,24H,4,6,8-10,13-14H2,1-3H3/p+1/t15-,16-,18+,19+,21+,23+/m0/s1. The Kier molecular flexibility index (Phi) is 5.19. The van der Waals surface area contributed by atoms with Crippen LogP contribution in [0.2, 0.25) is 0 Å². The summed E-state index contributed by atoms with van der Waals surface area (Å²) in [5.74, 6) is 1.99. The lowest BCUT2D eigenvalue weighted by atomic mass is 9.59. The van der Waals surface area contributed by atoms with Crippen molar-refractivity contribution < 1.29 is 19.3 Å². The predicted molar refractivity (Wildman–Crippen MR) is 104 cm³/mol. The Balaban J connectivity index is 1.39. The molecule has 1 aromatic heterocycles. The van der Waals surface area contributed by atoms with Gasteiger partial charge in [-0.25, -0.2) is 0 Å². The first-order valence-corrected chi connectivity index (χ1v) is 10.7. The minimum atomic E-state index is 0.00670. The summed E-state index contributed by atoms with van der Waals surface area (Å²) >= 11 is 0. The molecule has 2 heterocycles. The number of hydrogen-bond donors (Lipinski definition) is 1. The average Bonchev–Trinajstić information content (AvgIpc) is 3.23. The normalized spacial score (nSPS) is 36.6. The van der Waals surface area contributed by atoms with Crippen LogP contribution in [0.5, 0.6) is 0 Å². The minimum Gasteiger partial charge on any atom is -0.469 e. The molecule has 4 rings (SSSR count). The average molecular weight is 373 g/mol. The van der Waals surface area contributed by atoms with Gasteiger partial charge in [0.15, 0.2) is 0 Å². The fraction of sp³-hybridized carbons (Fsp3) is 0.696. The van der Waals surface area contributed by atoms with Crippen molar-refractivity contribution in [1.29, 1.82) is 0 Å².